The molecule has 1 aromatic rings. The molecule has 1 heterocycles. The quantitative estimate of drug-likeness (QED) is 0.721. The Balaban J connectivity index is 1.84. The van der Waals surface area contributed by atoms with Gasteiger partial charge in [0.15, 0.2) is 0 Å². The Morgan fingerprint density at radius 2 is 2.15 bits per heavy atom. The van der Waals surface area contributed by atoms with Crippen LogP contribution in [0.25, 0.3) is 0 Å². The van der Waals surface area contributed by atoms with Crippen LogP contribution in [-0.2, 0) is 29.0 Å². The number of rotatable bonds is 5. The first-order chi connectivity index (χ1) is 9.56. The van der Waals surface area contributed by atoms with Crippen LogP contribution in [0.15, 0.2) is 10.9 Å². The van der Waals surface area contributed by atoms with Gasteiger partial charge in [0.25, 0.3) is 5.56 Å². The fourth-order valence-electron chi connectivity index (χ4n) is 2.17. The van der Waals surface area contributed by atoms with E-state index in [1.54, 1.807) is 6.07 Å². The maximum Gasteiger partial charge on any atom is 0.267 e. The Labute approximate surface area is 116 Å². The van der Waals surface area contributed by atoms with Gasteiger partial charge in [-0.05, 0) is 24.8 Å². The van der Waals surface area contributed by atoms with Crippen LogP contribution in [0.5, 0.6) is 0 Å². The largest absolute Gasteiger partial charge is 0.353 e. The van der Waals surface area contributed by atoms with Crippen molar-refractivity contribution in [2.24, 2.45) is 0 Å². The van der Waals surface area contributed by atoms with Crippen molar-refractivity contribution in [1.29, 1.82) is 0 Å². The molecular formula is C13H18N4O3. The predicted octanol–water partition coefficient (Wildman–Crippen LogP) is -1.02. The number of fused-ring (bicyclic) bond motifs is 1. The molecule has 0 spiro atoms. The van der Waals surface area contributed by atoms with Crippen molar-refractivity contribution < 1.29 is 9.59 Å². The number of aromatic nitrogens is 2. The Kier molecular flexibility index (Phi) is 4.49. The fourth-order valence-corrected chi connectivity index (χ4v) is 2.17. The van der Waals surface area contributed by atoms with Gasteiger partial charge in [0.05, 0.1) is 18.8 Å². The lowest BCUT2D eigenvalue weighted by molar-refractivity contribution is -0.125. The molecule has 0 saturated carbocycles. The minimum atomic E-state index is -0.283. The van der Waals surface area contributed by atoms with Gasteiger partial charge in [-0.25, -0.2) is 4.68 Å². The third-order valence-corrected chi connectivity index (χ3v) is 3.17. The number of carbonyl (C=O) groups is 2. The van der Waals surface area contributed by atoms with Gasteiger partial charge in [-0.3, -0.25) is 14.4 Å². The lowest BCUT2D eigenvalue weighted by Gasteiger charge is -2.08. The smallest absolute Gasteiger partial charge is 0.267 e. The minimum Gasteiger partial charge on any atom is -0.353 e. The van der Waals surface area contributed by atoms with Crippen LogP contribution in [0.1, 0.15) is 24.6 Å². The summed E-state index contributed by atoms with van der Waals surface area (Å²) >= 11 is 0. The van der Waals surface area contributed by atoms with Crippen molar-refractivity contribution in [2.75, 3.05) is 13.1 Å². The summed E-state index contributed by atoms with van der Waals surface area (Å²) in [5.41, 5.74) is 1.89. The molecule has 0 atom stereocenters. The Morgan fingerprint density at radius 3 is 2.90 bits per heavy atom. The van der Waals surface area contributed by atoms with Crippen molar-refractivity contribution in [1.82, 2.24) is 20.4 Å². The van der Waals surface area contributed by atoms with E-state index in [1.807, 2.05) is 0 Å². The van der Waals surface area contributed by atoms with E-state index < -0.39 is 0 Å². The average molecular weight is 278 g/mol. The maximum atomic E-state index is 11.8. The number of hydrogen-bond acceptors (Lipinski definition) is 4. The molecule has 0 aliphatic heterocycles. The Hall–Kier alpha value is -2.18. The molecule has 0 aromatic carbocycles. The topological polar surface area (TPSA) is 93.1 Å². The Morgan fingerprint density at radius 1 is 1.35 bits per heavy atom. The van der Waals surface area contributed by atoms with Gasteiger partial charge in [0.2, 0.25) is 11.8 Å². The molecule has 7 heteroatoms. The van der Waals surface area contributed by atoms with Gasteiger partial charge in [0, 0.05) is 19.5 Å². The summed E-state index contributed by atoms with van der Waals surface area (Å²) in [5, 5.41) is 9.34. The molecular weight excluding hydrogens is 260 g/mol. The molecule has 0 bridgehead atoms. The zero-order chi connectivity index (χ0) is 14.5. The van der Waals surface area contributed by atoms with Gasteiger partial charge < -0.3 is 10.6 Å². The molecule has 1 aliphatic rings. The van der Waals surface area contributed by atoms with Crippen molar-refractivity contribution in [3.8, 4) is 0 Å². The highest BCUT2D eigenvalue weighted by Crippen LogP contribution is 2.16. The van der Waals surface area contributed by atoms with E-state index in [2.05, 4.69) is 15.7 Å². The van der Waals surface area contributed by atoms with Gasteiger partial charge in [-0.1, -0.05) is 0 Å². The van der Waals surface area contributed by atoms with Gasteiger partial charge >= 0.3 is 0 Å². The molecule has 1 aliphatic carbocycles. The first-order valence-corrected chi connectivity index (χ1v) is 6.67. The van der Waals surface area contributed by atoms with Crippen molar-refractivity contribution in [2.45, 2.75) is 32.7 Å². The SMILES string of the molecule is CC(=O)NCC(=O)NCCn1nc2c(cc1=O)CCC2. The summed E-state index contributed by atoms with van der Waals surface area (Å²) in [6.07, 6.45) is 2.87. The van der Waals surface area contributed by atoms with E-state index in [4.69, 9.17) is 0 Å². The fraction of sp³-hybridized carbons (Fsp3) is 0.538. The van der Waals surface area contributed by atoms with E-state index in [1.165, 1.54) is 11.6 Å². The van der Waals surface area contributed by atoms with Crippen LogP contribution in [-0.4, -0.2) is 34.7 Å². The first kappa shape index (κ1) is 14.2. The van der Waals surface area contributed by atoms with Gasteiger partial charge in [-0.15, -0.1) is 0 Å². The maximum absolute atomic E-state index is 11.8. The Bertz CT molecular complexity index is 579. The standard InChI is InChI=1S/C13H18N4O3/c1-9(18)15-8-12(19)14-5-6-17-13(20)7-10-3-2-4-11(10)16-17/h7H,2-6,8H2,1H3,(H,14,19)(H,15,18). The van der Waals surface area contributed by atoms with E-state index in [0.29, 0.717) is 13.1 Å². The van der Waals surface area contributed by atoms with Gasteiger partial charge in [0.1, 0.15) is 0 Å². The molecule has 108 valence electrons. The van der Waals surface area contributed by atoms with Crippen molar-refractivity contribution in [3.63, 3.8) is 0 Å². The highest BCUT2D eigenvalue weighted by molar-refractivity contribution is 5.83. The number of carbonyl (C=O) groups excluding carboxylic acids is 2. The summed E-state index contributed by atoms with van der Waals surface area (Å²) in [5.74, 6) is -0.536. The van der Waals surface area contributed by atoms with E-state index in [0.717, 1.165) is 30.5 Å². The second-order valence-electron chi connectivity index (χ2n) is 4.79. The normalized spacial score (nSPS) is 12.8. The third kappa shape index (κ3) is 3.66. The molecule has 0 saturated heterocycles. The summed E-state index contributed by atoms with van der Waals surface area (Å²) < 4.78 is 1.38. The van der Waals surface area contributed by atoms with Crippen LogP contribution in [0, 0.1) is 0 Å². The van der Waals surface area contributed by atoms with Crippen LogP contribution < -0.4 is 16.2 Å². The molecule has 20 heavy (non-hydrogen) atoms. The summed E-state index contributed by atoms with van der Waals surface area (Å²) in [6.45, 7) is 1.94. The van der Waals surface area contributed by atoms with Crippen LogP contribution in [0.2, 0.25) is 0 Å². The average Bonchev–Trinajstić information content (AvgIpc) is 2.83. The van der Waals surface area contributed by atoms with Crippen LogP contribution in [0.3, 0.4) is 0 Å². The second-order valence-corrected chi connectivity index (χ2v) is 4.79. The first-order valence-electron chi connectivity index (χ1n) is 6.67. The monoisotopic (exact) mass is 278 g/mol. The minimum absolute atomic E-state index is 0.0537. The van der Waals surface area contributed by atoms with E-state index >= 15 is 0 Å². The van der Waals surface area contributed by atoms with Crippen LogP contribution >= 0.6 is 0 Å². The summed E-state index contributed by atoms with van der Waals surface area (Å²) in [4.78, 5) is 33.8. The van der Waals surface area contributed by atoms with E-state index in [-0.39, 0.29) is 23.9 Å². The summed E-state index contributed by atoms with van der Waals surface area (Å²) in [7, 11) is 0. The molecule has 0 radical (unpaired) electrons. The molecule has 0 fully saturated rings. The molecule has 1 aromatic heterocycles. The number of nitrogens with zero attached hydrogens (tertiary/aromatic N) is 2. The molecule has 2 N–H and O–H groups in total. The number of amides is 2. The van der Waals surface area contributed by atoms with Gasteiger partial charge in [-0.2, -0.15) is 5.10 Å². The molecule has 2 rings (SSSR count). The number of nitrogens with one attached hydrogen (secondary N) is 2. The zero-order valence-corrected chi connectivity index (χ0v) is 11.4. The predicted molar refractivity (Wildman–Crippen MR) is 72.2 cm³/mol. The lowest BCUT2D eigenvalue weighted by Crippen LogP contribution is -2.38. The lowest BCUT2D eigenvalue weighted by atomic mass is 10.2. The number of hydrogen-bond donors (Lipinski definition) is 2. The number of aryl methyl sites for hydroxylation is 2. The molecule has 2 amide bonds. The third-order valence-electron chi connectivity index (χ3n) is 3.17. The highest BCUT2D eigenvalue weighted by atomic mass is 16.2. The molecule has 7 nitrogen and oxygen atoms in total. The molecule has 0 unspecified atom stereocenters. The summed E-state index contributed by atoms with van der Waals surface area (Å²) in [6, 6.07) is 1.63. The highest BCUT2D eigenvalue weighted by Gasteiger charge is 2.14. The second kappa shape index (κ2) is 6.31. The van der Waals surface area contributed by atoms with Crippen molar-refractivity contribution >= 4 is 11.8 Å². The van der Waals surface area contributed by atoms with Crippen molar-refractivity contribution in [3.05, 3.63) is 27.7 Å². The van der Waals surface area contributed by atoms with E-state index in [9.17, 15) is 14.4 Å². The zero-order valence-electron chi connectivity index (χ0n) is 11.4. The van der Waals surface area contributed by atoms with Crippen LogP contribution in [0.4, 0.5) is 0 Å².